The zero-order valence-electron chi connectivity index (χ0n) is 18.8. The number of aromatic nitrogens is 1. The van der Waals surface area contributed by atoms with Gasteiger partial charge in [0.25, 0.3) is 5.91 Å². The van der Waals surface area contributed by atoms with E-state index in [4.69, 9.17) is 9.15 Å². The Morgan fingerprint density at radius 1 is 1.03 bits per heavy atom. The summed E-state index contributed by atoms with van der Waals surface area (Å²) in [5.74, 6) is 0.906. The van der Waals surface area contributed by atoms with E-state index in [-0.39, 0.29) is 17.1 Å². The SMILES string of the molecule is CCCOc1ccc(C2c3c(oc4ccc(C)cc4c3=O)C(=O)N2c2cccc(C)n2)cc1. The Hall–Kier alpha value is -3.93. The Labute approximate surface area is 191 Å². The molecule has 1 atom stereocenters. The van der Waals surface area contributed by atoms with Gasteiger partial charge in [-0.2, -0.15) is 0 Å². The number of benzene rings is 2. The average Bonchev–Trinajstić information content (AvgIpc) is 3.11. The van der Waals surface area contributed by atoms with Crippen molar-refractivity contribution in [3.05, 3.63) is 99.0 Å². The summed E-state index contributed by atoms with van der Waals surface area (Å²) in [7, 11) is 0. The van der Waals surface area contributed by atoms with E-state index in [1.165, 1.54) is 0 Å². The number of hydrogen-bond acceptors (Lipinski definition) is 5. The van der Waals surface area contributed by atoms with Crippen molar-refractivity contribution in [2.45, 2.75) is 33.2 Å². The largest absolute Gasteiger partial charge is 0.494 e. The second-order valence-electron chi connectivity index (χ2n) is 8.31. The normalized spacial score (nSPS) is 15.2. The molecule has 0 saturated heterocycles. The number of anilines is 1. The molecule has 0 N–H and O–H groups in total. The lowest BCUT2D eigenvalue weighted by molar-refractivity contribution is 0.0970. The minimum absolute atomic E-state index is 0.0657. The molecule has 1 aliphatic heterocycles. The highest BCUT2D eigenvalue weighted by atomic mass is 16.5. The van der Waals surface area contributed by atoms with Gasteiger partial charge in [-0.15, -0.1) is 0 Å². The molecule has 6 nitrogen and oxygen atoms in total. The van der Waals surface area contributed by atoms with Gasteiger partial charge in [0.05, 0.1) is 23.6 Å². The van der Waals surface area contributed by atoms with E-state index in [1.807, 2.05) is 63.2 Å². The highest BCUT2D eigenvalue weighted by Gasteiger charge is 2.44. The summed E-state index contributed by atoms with van der Waals surface area (Å²) in [6.45, 7) is 6.46. The summed E-state index contributed by atoms with van der Waals surface area (Å²) >= 11 is 0. The van der Waals surface area contributed by atoms with E-state index >= 15 is 0 Å². The Morgan fingerprint density at radius 2 is 1.82 bits per heavy atom. The molecule has 4 aromatic rings. The molecule has 0 fully saturated rings. The molecule has 1 amide bonds. The maximum Gasteiger partial charge on any atom is 0.296 e. The number of ether oxygens (including phenoxy) is 1. The molecule has 3 heterocycles. The number of amides is 1. The van der Waals surface area contributed by atoms with Crippen LogP contribution in [0.2, 0.25) is 0 Å². The van der Waals surface area contributed by atoms with Crippen molar-refractivity contribution < 1.29 is 13.9 Å². The van der Waals surface area contributed by atoms with E-state index in [1.54, 1.807) is 23.1 Å². The van der Waals surface area contributed by atoms with Crippen LogP contribution >= 0.6 is 0 Å². The van der Waals surface area contributed by atoms with Gasteiger partial charge in [-0.05, 0) is 62.2 Å². The molecule has 2 aromatic carbocycles. The van der Waals surface area contributed by atoms with Crippen molar-refractivity contribution in [2.24, 2.45) is 0 Å². The fraction of sp³-hybridized carbons (Fsp3) is 0.222. The predicted molar refractivity (Wildman–Crippen MR) is 127 cm³/mol. The molecule has 0 spiro atoms. The molecule has 1 unspecified atom stereocenters. The summed E-state index contributed by atoms with van der Waals surface area (Å²) in [5.41, 5.74) is 3.05. The number of pyridine rings is 1. The molecule has 1 aliphatic rings. The number of fused-ring (bicyclic) bond motifs is 2. The fourth-order valence-electron chi connectivity index (χ4n) is 4.27. The number of carbonyl (C=O) groups excluding carboxylic acids is 1. The molecule has 166 valence electrons. The van der Waals surface area contributed by atoms with Crippen LogP contribution in [0.1, 0.15) is 52.3 Å². The van der Waals surface area contributed by atoms with Crippen molar-refractivity contribution in [3.63, 3.8) is 0 Å². The van der Waals surface area contributed by atoms with E-state index in [0.29, 0.717) is 29.0 Å². The number of hydrogen-bond donors (Lipinski definition) is 0. The molecule has 33 heavy (non-hydrogen) atoms. The lowest BCUT2D eigenvalue weighted by Crippen LogP contribution is -2.30. The van der Waals surface area contributed by atoms with Gasteiger partial charge in [0, 0.05) is 5.69 Å². The van der Waals surface area contributed by atoms with Crippen molar-refractivity contribution in [1.82, 2.24) is 4.98 Å². The van der Waals surface area contributed by atoms with Gasteiger partial charge in [-0.3, -0.25) is 14.5 Å². The van der Waals surface area contributed by atoms with E-state index in [9.17, 15) is 9.59 Å². The molecule has 6 heteroatoms. The first-order chi connectivity index (χ1) is 16.0. The predicted octanol–water partition coefficient (Wildman–Crippen LogP) is 5.34. The van der Waals surface area contributed by atoms with Crippen LogP contribution in [0.15, 0.2) is 69.9 Å². The van der Waals surface area contributed by atoms with Gasteiger partial charge in [0.15, 0.2) is 5.43 Å². The monoisotopic (exact) mass is 440 g/mol. The number of carbonyl (C=O) groups is 1. The van der Waals surface area contributed by atoms with Crippen LogP contribution in [0.25, 0.3) is 11.0 Å². The van der Waals surface area contributed by atoms with Gasteiger partial charge < -0.3 is 9.15 Å². The summed E-state index contributed by atoms with van der Waals surface area (Å²) in [5, 5.41) is 0.466. The lowest BCUT2D eigenvalue weighted by Gasteiger charge is -2.24. The maximum absolute atomic E-state index is 13.7. The molecule has 2 aromatic heterocycles. The summed E-state index contributed by atoms with van der Waals surface area (Å²) in [4.78, 5) is 33.4. The topological polar surface area (TPSA) is 72.6 Å². The average molecular weight is 440 g/mol. The third kappa shape index (κ3) is 3.57. The number of aryl methyl sites for hydroxylation is 2. The zero-order valence-corrected chi connectivity index (χ0v) is 18.8. The van der Waals surface area contributed by atoms with Gasteiger partial charge >= 0.3 is 0 Å². The molecular weight excluding hydrogens is 416 g/mol. The summed E-state index contributed by atoms with van der Waals surface area (Å²) in [6.07, 6.45) is 0.909. The van der Waals surface area contributed by atoms with E-state index in [2.05, 4.69) is 4.98 Å². The van der Waals surface area contributed by atoms with Crippen LogP contribution in [0, 0.1) is 13.8 Å². The first kappa shape index (κ1) is 20.9. The van der Waals surface area contributed by atoms with Gasteiger partial charge in [-0.25, -0.2) is 4.98 Å². The summed E-state index contributed by atoms with van der Waals surface area (Å²) in [6, 6.07) is 17.8. The van der Waals surface area contributed by atoms with Gasteiger partial charge in [0.1, 0.15) is 17.2 Å². The Kier molecular flexibility index (Phi) is 5.21. The first-order valence-corrected chi connectivity index (χ1v) is 11.0. The standard InChI is InChI=1S/C27H24N2O4/c1-4-14-32-19-11-9-18(10-12-19)24-23-25(30)20-15-16(2)8-13-21(20)33-26(23)27(31)29(24)22-7-5-6-17(3)28-22/h5-13,15,24H,4,14H2,1-3H3. The van der Waals surface area contributed by atoms with Crippen LogP contribution in [-0.2, 0) is 0 Å². The minimum Gasteiger partial charge on any atom is -0.494 e. The molecule has 0 aliphatic carbocycles. The second-order valence-corrected chi connectivity index (χ2v) is 8.31. The molecule has 0 saturated carbocycles. The van der Waals surface area contributed by atoms with Crippen molar-refractivity contribution in [1.29, 1.82) is 0 Å². The Bertz CT molecular complexity index is 1420. The number of rotatable bonds is 5. The first-order valence-electron chi connectivity index (χ1n) is 11.0. The highest BCUT2D eigenvalue weighted by molar-refractivity contribution is 6.10. The Balaban J connectivity index is 1.73. The van der Waals surface area contributed by atoms with E-state index < -0.39 is 6.04 Å². The van der Waals surface area contributed by atoms with Crippen LogP contribution in [-0.4, -0.2) is 17.5 Å². The van der Waals surface area contributed by atoms with Gasteiger partial charge in [-0.1, -0.05) is 36.8 Å². The molecule has 0 bridgehead atoms. The number of nitrogens with zero attached hydrogens (tertiary/aromatic N) is 2. The Morgan fingerprint density at radius 3 is 2.55 bits per heavy atom. The third-order valence-corrected chi connectivity index (χ3v) is 5.81. The fourth-order valence-corrected chi connectivity index (χ4v) is 4.27. The minimum atomic E-state index is -0.650. The van der Waals surface area contributed by atoms with Crippen molar-refractivity contribution in [3.8, 4) is 5.75 Å². The van der Waals surface area contributed by atoms with Crippen LogP contribution < -0.4 is 15.1 Å². The molecule has 5 rings (SSSR count). The highest BCUT2D eigenvalue weighted by Crippen LogP contribution is 2.41. The van der Waals surface area contributed by atoms with Crippen molar-refractivity contribution >= 4 is 22.7 Å². The molecule has 0 radical (unpaired) electrons. The third-order valence-electron chi connectivity index (χ3n) is 5.81. The second kappa shape index (κ2) is 8.20. The summed E-state index contributed by atoms with van der Waals surface area (Å²) < 4.78 is 11.7. The van der Waals surface area contributed by atoms with Crippen LogP contribution in [0.3, 0.4) is 0 Å². The lowest BCUT2D eigenvalue weighted by atomic mass is 9.98. The maximum atomic E-state index is 13.7. The zero-order chi connectivity index (χ0) is 23.1. The van der Waals surface area contributed by atoms with E-state index in [0.717, 1.165) is 29.0 Å². The smallest absolute Gasteiger partial charge is 0.296 e. The van der Waals surface area contributed by atoms with Crippen molar-refractivity contribution in [2.75, 3.05) is 11.5 Å². The van der Waals surface area contributed by atoms with Gasteiger partial charge in [0.2, 0.25) is 5.76 Å². The quantitative estimate of drug-likeness (QED) is 0.419. The molecular formula is C27H24N2O4. The van der Waals surface area contributed by atoms with Crippen LogP contribution in [0.5, 0.6) is 5.75 Å². The van der Waals surface area contributed by atoms with Crippen LogP contribution in [0.4, 0.5) is 5.82 Å².